The highest BCUT2D eigenvalue weighted by molar-refractivity contribution is 5.94. The zero-order valence-corrected chi connectivity index (χ0v) is 15.3. The van der Waals surface area contributed by atoms with Crippen molar-refractivity contribution in [3.05, 3.63) is 52.9 Å². The van der Waals surface area contributed by atoms with Crippen LogP contribution in [0.3, 0.4) is 0 Å². The number of piperidine rings is 1. The van der Waals surface area contributed by atoms with E-state index in [0.717, 1.165) is 30.1 Å². The van der Waals surface area contributed by atoms with Crippen LogP contribution >= 0.6 is 0 Å². The number of nitrogens with zero attached hydrogens (tertiary/aromatic N) is 2. The van der Waals surface area contributed by atoms with Gasteiger partial charge in [-0.15, -0.1) is 0 Å². The van der Waals surface area contributed by atoms with Crippen LogP contribution in [0.25, 0.3) is 0 Å². The molecule has 1 N–H and O–H groups in total. The van der Waals surface area contributed by atoms with E-state index in [1.165, 1.54) is 18.4 Å². The fourth-order valence-electron chi connectivity index (χ4n) is 3.27. The molecule has 1 amide bonds. The summed E-state index contributed by atoms with van der Waals surface area (Å²) in [5, 5.41) is 7.50. The minimum atomic E-state index is 0.0136. The quantitative estimate of drug-likeness (QED) is 0.904. The third-order valence-electron chi connectivity index (χ3n) is 4.79. The van der Waals surface area contributed by atoms with Crippen LogP contribution in [0.15, 0.2) is 34.9 Å². The van der Waals surface area contributed by atoms with E-state index in [1.54, 1.807) is 11.9 Å². The van der Waals surface area contributed by atoms with Gasteiger partial charge in [-0.2, -0.15) is 0 Å². The fourth-order valence-corrected chi connectivity index (χ4v) is 3.27. The summed E-state index contributed by atoms with van der Waals surface area (Å²) in [5.74, 6) is 1.65. The Kier molecular flexibility index (Phi) is 5.53. The zero-order valence-electron chi connectivity index (χ0n) is 15.3. The average molecular weight is 341 g/mol. The van der Waals surface area contributed by atoms with Crippen molar-refractivity contribution in [1.29, 1.82) is 0 Å². The number of amides is 1. The molecule has 0 aliphatic carbocycles. The average Bonchev–Trinajstić information content (AvgIpc) is 3.11. The molecule has 1 saturated heterocycles. The maximum absolute atomic E-state index is 12.8. The molecule has 5 nitrogen and oxygen atoms in total. The summed E-state index contributed by atoms with van der Waals surface area (Å²) in [5.41, 5.74) is 2.76. The third-order valence-corrected chi connectivity index (χ3v) is 4.79. The van der Waals surface area contributed by atoms with Crippen LogP contribution in [0.4, 0.5) is 0 Å². The van der Waals surface area contributed by atoms with Crippen molar-refractivity contribution in [3.63, 3.8) is 0 Å². The molecule has 0 saturated carbocycles. The highest BCUT2D eigenvalue weighted by atomic mass is 16.5. The normalized spacial score (nSPS) is 17.7. The first-order valence-corrected chi connectivity index (χ1v) is 9.06. The smallest absolute Gasteiger partial charge is 0.253 e. The molecule has 1 atom stereocenters. The van der Waals surface area contributed by atoms with Crippen LogP contribution in [0, 0.1) is 0 Å². The summed E-state index contributed by atoms with van der Waals surface area (Å²) >= 11 is 0. The van der Waals surface area contributed by atoms with Gasteiger partial charge in [-0.25, -0.2) is 0 Å². The van der Waals surface area contributed by atoms with Gasteiger partial charge in [0.25, 0.3) is 5.91 Å². The van der Waals surface area contributed by atoms with Gasteiger partial charge in [-0.1, -0.05) is 31.1 Å². The van der Waals surface area contributed by atoms with Crippen LogP contribution in [0.1, 0.15) is 65.9 Å². The van der Waals surface area contributed by atoms with Crippen LogP contribution in [-0.4, -0.2) is 36.1 Å². The number of carbonyl (C=O) groups excluding carboxylic acids is 1. The largest absolute Gasteiger partial charge is 0.361 e. The standard InChI is InChI=1S/C20H27N3O2/c1-14(2)19-11-18(22-25-19)13-23(3)20(24)16-7-4-6-15(10-16)17-8-5-9-21-12-17/h4,6-7,10-11,14,17,21H,5,8-9,12-13H2,1-3H3/t17-/m1/s1. The molecule has 0 unspecified atom stereocenters. The number of hydrogen-bond acceptors (Lipinski definition) is 4. The van der Waals surface area contributed by atoms with Crippen molar-refractivity contribution in [2.45, 2.75) is 45.1 Å². The molecule has 1 fully saturated rings. The second kappa shape index (κ2) is 7.83. The number of benzene rings is 1. The van der Waals surface area contributed by atoms with E-state index in [9.17, 15) is 4.79 Å². The van der Waals surface area contributed by atoms with Crippen molar-refractivity contribution in [1.82, 2.24) is 15.4 Å². The van der Waals surface area contributed by atoms with Crippen LogP contribution in [0.5, 0.6) is 0 Å². The van der Waals surface area contributed by atoms with Crippen molar-refractivity contribution < 1.29 is 9.32 Å². The van der Waals surface area contributed by atoms with E-state index in [4.69, 9.17) is 4.52 Å². The molecule has 1 aromatic carbocycles. The van der Waals surface area contributed by atoms with Crippen molar-refractivity contribution >= 4 is 5.91 Å². The van der Waals surface area contributed by atoms with Crippen LogP contribution in [0.2, 0.25) is 0 Å². The summed E-state index contributed by atoms with van der Waals surface area (Å²) in [6, 6.07) is 9.97. The lowest BCUT2D eigenvalue weighted by Gasteiger charge is -2.24. The second-order valence-electron chi connectivity index (χ2n) is 7.21. The molecule has 1 aliphatic heterocycles. The van der Waals surface area contributed by atoms with Crippen LogP contribution in [-0.2, 0) is 6.54 Å². The SMILES string of the molecule is CC(C)c1cc(CN(C)C(=O)c2cccc([C@@H]3CCCNC3)c2)no1. The first kappa shape index (κ1) is 17.7. The Labute approximate surface area is 149 Å². The minimum absolute atomic E-state index is 0.0136. The molecule has 25 heavy (non-hydrogen) atoms. The molecular weight excluding hydrogens is 314 g/mol. The van der Waals surface area contributed by atoms with Gasteiger partial charge in [0.1, 0.15) is 11.5 Å². The van der Waals surface area contributed by atoms with Crippen molar-refractivity contribution in [2.24, 2.45) is 0 Å². The minimum Gasteiger partial charge on any atom is -0.361 e. The Morgan fingerprint density at radius 2 is 2.24 bits per heavy atom. The molecular formula is C20H27N3O2. The third kappa shape index (κ3) is 4.28. The maximum atomic E-state index is 12.8. The van der Waals surface area contributed by atoms with Crippen molar-refractivity contribution in [2.75, 3.05) is 20.1 Å². The van der Waals surface area contributed by atoms with Gasteiger partial charge < -0.3 is 14.7 Å². The van der Waals surface area contributed by atoms with Gasteiger partial charge >= 0.3 is 0 Å². The molecule has 2 aromatic rings. The summed E-state index contributed by atoms with van der Waals surface area (Å²) in [6.07, 6.45) is 2.37. The number of hydrogen-bond donors (Lipinski definition) is 1. The molecule has 5 heteroatoms. The lowest BCUT2D eigenvalue weighted by Crippen LogP contribution is -2.29. The van der Waals surface area contributed by atoms with Gasteiger partial charge in [0.2, 0.25) is 0 Å². The Bertz CT molecular complexity index is 717. The zero-order chi connectivity index (χ0) is 17.8. The van der Waals surface area contributed by atoms with E-state index in [1.807, 2.05) is 24.3 Å². The van der Waals surface area contributed by atoms with E-state index >= 15 is 0 Å². The van der Waals surface area contributed by atoms with Gasteiger partial charge in [-0.3, -0.25) is 4.79 Å². The lowest BCUT2D eigenvalue weighted by atomic mass is 9.90. The Hall–Kier alpha value is -2.14. The molecule has 134 valence electrons. The van der Waals surface area contributed by atoms with E-state index < -0.39 is 0 Å². The molecule has 1 aromatic heterocycles. The predicted molar refractivity (Wildman–Crippen MR) is 97.7 cm³/mol. The van der Waals surface area contributed by atoms with E-state index in [2.05, 4.69) is 30.4 Å². The summed E-state index contributed by atoms with van der Waals surface area (Å²) in [7, 11) is 1.81. The van der Waals surface area contributed by atoms with Crippen LogP contribution < -0.4 is 5.32 Å². The molecule has 0 radical (unpaired) electrons. The van der Waals surface area contributed by atoms with E-state index in [-0.39, 0.29) is 5.91 Å². The number of rotatable bonds is 5. The van der Waals surface area contributed by atoms with Gasteiger partial charge in [0, 0.05) is 31.1 Å². The Morgan fingerprint density at radius 1 is 1.40 bits per heavy atom. The molecule has 1 aliphatic rings. The summed E-state index contributed by atoms with van der Waals surface area (Å²) in [6.45, 7) is 6.65. The van der Waals surface area contributed by atoms with Gasteiger partial charge in [0.15, 0.2) is 0 Å². The number of carbonyl (C=O) groups is 1. The molecule has 0 bridgehead atoms. The van der Waals surface area contributed by atoms with Gasteiger partial charge in [-0.05, 0) is 43.0 Å². The number of nitrogens with one attached hydrogen (secondary N) is 1. The van der Waals surface area contributed by atoms with Crippen molar-refractivity contribution in [3.8, 4) is 0 Å². The topological polar surface area (TPSA) is 58.4 Å². The highest BCUT2D eigenvalue weighted by Crippen LogP contribution is 2.24. The monoisotopic (exact) mass is 341 g/mol. The Morgan fingerprint density at radius 3 is 2.92 bits per heavy atom. The Balaban J connectivity index is 1.68. The second-order valence-corrected chi connectivity index (χ2v) is 7.21. The number of aromatic nitrogens is 1. The fraction of sp³-hybridized carbons (Fsp3) is 0.500. The molecule has 2 heterocycles. The highest BCUT2D eigenvalue weighted by Gasteiger charge is 2.19. The van der Waals surface area contributed by atoms with E-state index in [0.29, 0.717) is 18.4 Å². The van der Waals surface area contributed by atoms with Gasteiger partial charge in [0.05, 0.1) is 6.54 Å². The lowest BCUT2D eigenvalue weighted by molar-refractivity contribution is 0.0782. The summed E-state index contributed by atoms with van der Waals surface area (Å²) in [4.78, 5) is 14.5. The maximum Gasteiger partial charge on any atom is 0.253 e. The molecule has 0 spiro atoms. The first-order chi connectivity index (χ1) is 12.0. The summed E-state index contributed by atoms with van der Waals surface area (Å²) < 4.78 is 5.32. The molecule has 3 rings (SSSR count). The first-order valence-electron chi connectivity index (χ1n) is 9.06. The predicted octanol–water partition coefficient (Wildman–Crippen LogP) is 3.54.